The number of anilines is 2. The van der Waals surface area contributed by atoms with Crippen molar-refractivity contribution in [3.8, 4) is 0 Å². The summed E-state index contributed by atoms with van der Waals surface area (Å²) in [5.41, 5.74) is 6.83. The first-order valence-electron chi connectivity index (χ1n) is 12.0. The molecule has 1 amide bonds. The van der Waals surface area contributed by atoms with Gasteiger partial charge in [0.25, 0.3) is 0 Å². The Morgan fingerprint density at radius 1 is 1.17 bits per heavy atom. The molecule has 2 unspecified atom stereocenters. The van der Waals surface area contributed by atoms with Gasteiger partial charge in [0.15, 0.2) is 5.65 Å². The molecule has 0 aromatic carbocycles. The van der Waals surface area contributed by atoms with Crippen molar-refractivity contribution in [3.05, 3.63) is 35.6 Å². The Kier molecular flexibility index (Phi) is 6.59. The average molecular weight is 528 g/mol. The molecule has 3 aromatic heterocycles. The fourth-order valence-electron chi connectivity index (χ4n) is 5.49. The maximum Gasteiger partial charge on any atom is 0.410 e. The molecule has 2 fully saturated rings. The topological polar surface area (TPSA) is 110 Å². The molecular formula is C25H30ClN7O2S. The standard InChI is InChI=1S/C25H30ClN7O2S/c1-25(2,3)33(24(34)35-4)16-11-14-5-6-15(12-16)32(14)19-13-29-23-17(30-19)7-8-20(31-23)36-18-9-10-28-22(27)21(18)26/h7-10,13-16H,5-6,11-12H2,1-4H3,(H2,27,28). The summed E-state index contributed by atoms with van der Waals surface area (Å²) >= 11 is 7.69. The summed E-state index contributed by atoms with van der Waals surface area (Å²) in [7, 11) is 1.45. The van der Waals surface area contributed by atoms with Gasteiger partial charge in [-0.15, -0.1) is 0 Å². The number of carbonyl (C=O) groups excluding carboxylic acids is 1. The van der Waals surface area contributed by atoms with E-state index in [-0.39, 0.29) is 17.7 Å². The van der Waals surface area contributed by atoms with Crippen molar-refractivity contribution in [1.82, 2.24) is 24.8 Å². The summed E-state index contributed by atoms with van der Waals surface area (Å²) in [6.45, 7) is 6.18. The highest BCUT2D eigenvalue weighted by molar-refractivity contribution is 7.99. The molecule has 2 aliphatic heterocycles. The third-order valence-corrected chi connectivity index (χ3v) is 8.40. The van der Waals surface area contributed by atoms with Gasteiger partial charge in [-0.2, -0.15) is 0 Å². The first-order chi connectivity index (χ1) is 17.2. The van der Waals surface area contributed by atoms with E-state index >= 15 is 0 Å². The van der Waals surface area contributed by atoms with E-state index in [9.17, 15) is 4.79 Å². The minimum atomic E-state index is -0.310. The number of aromatic nitrogens is 4. The molecule has 0 spiro atoms. The highest BCUT2D eigenvalue weighted by Gasteiger charge is 2.46. The minimum absolute atomic E-state index is 0.134. The van der Waals surface area contributed by atoms with Gasteiger partial charge in [0.05, 0.1) is 18.3 Å². The summed E-state index contributed by atoms with van der Waals surface area (Å²) in [6, 6.07) is 6.40. The number of ether oxygens (including phenoxy) is 1. The van der Waals surface area contributed by atoms with Gasteiger partial charge in [0.2, 0.25) is 0 Å². The predicted molar refractivity (Wildman–Crippen MR) is 141 cm³/mol. The number of carbonyl (C=O) groups is 1. The van der Waals surface area contributed by atoms with E-state index in [1.54, 1.807) is 6.20 Å². The number of amides is 1. The summed E-state index contributed by atoms with van der Waals surface area (Å²) in [6.07, 6.45) is 7.09. The molecule has 0 radical (unpaired) electrons. The second-order valence-electron chi connectivity index (χ2n) is 10.3. The van der Waals surface area contributed by atoms with Crippen LogP contribution in [0.2, 0.25) is 5.02 Å². The molecule has 2 N–H and O–H groups in total. The first kappa shape index (κ1) is 24.8. The van der Waals surface area contributed by atoms with E-state index < -0.39 is 0 Å². The summed E-state index contributed by atoms with van der Waals surface area (Å²) in [5, 5.41) is 1.17. The largest absolute Gasteiger partial charge is 0.453 e. The Hall–Kier alpha value is -2.85. The van der Waals surface area contributed by atoms with E-state index in [4.69, 9.17) is 27.1 Å². The van der Waals surface area contributed by atoms with Crippen LogP contribution >= 0.6 is 23.4 Å². The Labute approximate surface area is 219 Å². The average Bonchev–Trinajstić information content (AvgIpc) is 3.10. The molecule has 36 heavy (non-hydrogen) atoms. The number of pyridine rings is 2. The van der Waals surface area contributed by atoms with Gasteiger partial charge in [-0.3, -0.25) is 0 Å². The molecule has 11 heteroatoms. The monoisotopic (exact) mass is 527 g/mol. The highest BCUT2D eigenvalue weighted by Crippen LogP contribution is 2.42. The van der Waals surface area contributed by atoms with Crippen LogP contribution in [0.25, 0.3) is 11.2 Å². The number of hydrogen-bond acceptors (Lipinski definition) is 9. The lowest BCUT2D eigenvalue weighted by atomic mass is 9.92. The van der Waals surface area contributed by atoms with Gasteiger partial charge in [-0.05, 0) is 64.7 Å². The van der Waals surface area contributed by atoms with Crippen LogP contribution < -0.4 is 10.6 Å². The van der Waals surface area contributed by atoms with Crippen LogP contribution in [0.1, 0.15) is 46.5 Å². The number of piperidine rings is 1. The van der Waals surface area contributed by atoms with Crippen LogP contribution in [0, 0.1) is 0 Å². The van der Waals surface area contributed by atoms with Crippen molar-refractivity contribution in [3.63, 3.8) is 0 Å². The number of nitrogens with two attached hydrogens (primary N) is 1. The molecule has 2 saturated heterocycles. The lowest BCUT2D eigenvalue weighted by Gasteiger charge is -2.47. The van der Waals surface area contributed by atoms with Gasteiger partial charge in [0.1, 0.15) is 22.2 Å². The number of rotatable bonds is 4. The Balaban J connectivity index is 1.36. The molecule has 5 heterocycles. The molecule has 0 saturated carbocycles. The molecule has 2 atom stereocenters. The Bertz CT molecular complexity index is 1290. The maximum absolute atomic E-state index is 12.6. The number of hydrogen-bond donors (Lipinski definition) is 1. The van der Waals surface area contributed by atoms with Crippen LogP contribution in [-0.2, 0) is 4.74 Å². The number of nitrogen functional groups attached to an aromatic ring is 1. The van der Waals surface area contributed by atoms with Crippen LogP contribution in [0.3, 0.4) is 0 Å². The van der Waals surface area contributed by atoms with Crippen molar-refractivity contribution >= 4 is 52.3 Å². The van der Waals surface area contributed by atoms with Gasteiger partial charge >= 0.3 is 6.09 Å². The second-order valence-corrected chi connectivity index (χ2v) is 11.7. The maximum atomic E-state index is 12.6. The van der Waals surface area contributed by atoms with Gasteiger partial charge in [0, 0.05) is 34.8 Å². The summed E-state index contributed by atoms with van der Waals surface area (Å²) in [5.74, 6) is 1.16. The van der Waals surface area contributed by atoms with Gasteiger partial charge < -0.3 is 20.3 Å². The molecular weight excluding hydrogens is 498 g/mol. The molecule has 0 aliphatic carbocycles. The minimum Gasteiger partial charge on any atom is -0.453 e. The van der Waals surface area contributed by atoms with E-state index in [1.165, 1.54) is 18.9 Å². The van der Waals surface area contributed by atoms with Crippen LogP contribution in [0.5, 0.6) is 0 Å². The van der Waals surface area contributed by atoms with E-state index in [1.807, 2.05) is 29.3 Å². The number of methoxy groups -OCH3 is 1. The zero-order valence-corrected chi connectivity index (χ0v) is 22.4. The van der Waals surface area contributed by atoms with Crippen LogP contribution in [-0.4, -0.2) is 61.7 Å². The fourth-order valence-corrected chi connectivity index (χ4v) is 6.54. The van der Waals surface area contributed by atoms with Crippen molar-refractivity contribution in [2.75, 3.05) is 17.7 Å². The zero-order chi connectivity index (χ0) is 25.6. The lowest BCUT2D eigenvalue weighted by molar-refractivity contribution is 0.0441. The van der Waals surface area contributed by atoms with E-state index in [0.29, 0.717) is 28.6 Å². The zero-order valence-electron chi connectivity index (χ0n) is 20.8. The molecule has 5 rings (SSSR count). The van der Waals surface area contributed by atoms with Crippen LogP contribution in [0.4, 0.5) is 16.4 Å². The number of halogens is 1. The smallest absolute Gasteiger partial charge is 0.410 e. The Morgan fingerprint density at radius 3 is 2.56 bits per heavy atom. The van der Waals surface area contributed by atoms with Gasteiger partial charge in [-0.1, -0.05) is 23.4 Å². The molecule has 3 aromatic rings. The predicted octanol–water partition coefficient (Wildman–Crippen LogP) is 5.17. The third kappa shape index (κ3) is 4.64. The molecule has 2 aliphatic rings. The SMILES string of the molecule is COC(=O)N(C1CC2CCC(C1)N2c1cnc2nc(Sc3ccnc(N)c3Cl)ccc2n1)C(C)(C)C. The number of fused-ring (bicyclic) bond motifs is 3. The summed E-state index contributed by atoms with van der Waals surface area (Å²) in [4.78, 5) is 35.9. The van der Waals surface area contributed by atoms with Crippen molar-refractivity contribution < 1.29 is 9.53 Å². The third-order valence-electron chi connectivity index (χ3n) is 6.89. The highest BCUT2D eigenvalue weighted by atomic mass is 35.5. The van der Waals surface area contributed by atoms with E-state index in [2.05, 4.69) is 40.6 Å². The molecule has 190 valence electrons. The lowest BCUT2D eigenvalue weighted by Crippen LogP contribution is -2.57. The fraction of sp³-hybridized carbons (Fsp3) is 0.480. The quantitative estimate of drug-likeness (QED) is 0.491. The Morgan fingerprint density at radius 2 is 1.89 bits per heavy atom. The van der Waals surface area contributed by atoms with Crippen molar-refractivity contribution in [1.29, 1.82) is 0 Å². The summed E-state index contributed by atoms with van der Waals surface area (Å²) < 4.78 is 5.13. The normalized spacial score (nSPS) is 21.6. The molecule has 9 nitrogen and oxygen atoms in total. The molecule has 2 bridgehead atoms. The van der Waals surface area contributed by atoms with Crippen molar-refractivity contribution in [2.45, 2.75) is 80.0 Å². The van der Waals surface area contributed by atoms with Crippen LogP contribution in [0.15, 0.2) is 40.5 Å². The van der Waals surface area contributed by atoms with Gasteiger partial charge in [-0.25, -0.2) is 24.7 Å². The van der Waals surface area contributed by atoms with E-state index in [0.717, 1.165) is 46.9 Å². The van der Waals surface area contributed by atoms with Crippen molar-refractivity contribution in [2.24, 2.45) is 0 Å². The number of nitrogens with zero attached hydrogens (tertiary/aromatic N) is 6. The second kappa shape index (κ2) is 9.55. The first-order valence-corrected chi connectivity index (χ1v) is 13.2.